The zero-order valence-corrected chi connectivity index (χ0v) is 20.0. The van der Waals surface area contributed by atoms with Crippen molar-refractivity contribution in [2.24, 2.45) is 0 Å². The topological polar surface area (TPSA) is 108 Å². The Balaban J connectivity index is 1.90. The van der Waals surface area contributed by atoms with E-state index >= 15 is 0 Å². The molecule has 2 N–H and O–H groups in total. The first-order valence-corrected chi connectivity index (χ1v) is 11.9. The van der Waals surface area contributed by atoms with Crippen LogP contribution in [-0.2, 0) is 19.6 Å². The van der Waals surface area contributed by atoms with Crippen LogP contribution in [0.2, 0.25) is 0 Å². The minimum atomic E-state index is -3.58. The highest BCUT2D eigenvalue weighted by atomic mass is 32.2. The molecule has 174 valence electrons. The van der Waals surface area contributed by atoms with Gasteiger partial charge in [0.25, 0.3) is 0 Å². The Morgan fingerprint density at radius 3 is 2.03 bits per heavy atom. The van der Waals surface area contributed by atoms with Crippen LogP contribution in [0.4, 0.5) is 10.5 Å². The fraction of sp³-hybridized carbons (Fsp3) is 0.619. The maximum Gasteiger partial charge on any atom is 0.410 e. The Morgan fingerprint density at radius 2 is 1.55 bits per heavy atom. The molecule has 1 saturated heterocycles. The molecule has 9 nitrogen and oxygen atoms in total. The van der Waals surface area contributed by atoms with Crippen LogP contribution in [0, 0.1) is 0 Å². The summed E-state index contributed by atoms with van der Waals surface area (Å²) in [6.45, 7) is 12.9. The predicted octanol–water partition coefficient (Wildman–Crippen LogP) is 2.25. The van der Waals surface area contributed by atoms with Gasteiger partial charge < -0.3 is 15.0 Å². The molecule has 1 aliphatic rings. The molecule has 10 heteroatoms. The van der Waals surface area contributed by atoms with Crippen molar-refractivity contribution in [3.8, 4) is 0 Å². The molecule has 1 aromatic carbocycles. The summed E-state index contributed by atoms with van der Waals surface area (Å²) in [5, 5.41) is 2.82. The molecule has 0 spiro atoms. The second kappa shape index (κ2) is 9.97. The first-order valence-electron chi connectivity index (χ1n) is 10.4. The first kappa shape index (κ1) is 25.1. The first-order chi connectivity index (χ1) is 14.3. The highest BCUT2D eigenvalue weighted by Crippen LogP contribution is 2.17. The maximum absolute atomic E-state index is 12.7. The second-order valence-electron chi connectivity index (χ2n) is 8.97. The summed E-state index contributed by atoms with van der Waals surface area (Å²) in [5.41, 5.74) is -0.0195. The number of rotatable bonds is 6. The van der Waals surface area contributed by atoms with E-state index in [9.17, 15) is 18.0 Å². The molecule has 0 bridgehead atoms. The van der Waals surface area contributed by atoms with E-state index in [1.165, 1.54) is 12.1 Å². The van der Waals surface area contributed by atoms with Crippen LogP contribution in [-0.4, -0.2) is 74.1 Å². The van der Waals surface area contributed by atoms with Gasteiger partial charge in [0.1, 0.15) is 5.60 Å². The van der Waals surface area contributed by atoms with Gasteiger partial charge in [0.2, 0.25) is 15.9 Å². The van der Waals surface area contributed by atoms with Gasteiger partial charge in [-0.25, -0.2) is 17.9 Å². The fourth-order valence-corrected chi connectivity index (χ4v) is 4.38. The maximum atomic E-state index is 12.7. The number of nitrogens with one attached hydrogen (secondary N) is 2. The van der Waals surface area contributed by atoms with E-state index < -0.39 is 21.7 Å². The van der Waals surface area contributed by atoms with E-state index in [2.05, 4.69) is 10.0 Å². The number of nitrogens with zero attached hydrogens (tertiary/aromatic N) is 2. The molecular formula is C21H34N4O5S. The molecular weight excluding hydrogens is 420 g/mol. The zero-order chi connectivity index (χ0) is 23.4. The summed E-state index contributed by atoms with van der Waals surface area (Å²) in [5.74, 6) is -0.193. The summed E-state index contributed by atoms with van der Waals surface area (Å²) >= 11 is 0. The second-order valence-corrected chi connectivity index (χ2v) is 10.7. The highest BCUT2D eigenvalue weighted by Gasteiger charge is 2.29. The summed E-state index contributed by atoms with van der Waals surface area (Å²) < 4.78 is 32.3. The number of ether oxygens (including phenoxy) is 1. The lowest BCUT2D eigenvalue weighted by molar-refractivity contribution is -0.121. The third-order valence-corrected chi connectivity index (χ3v) is 6.39. The van der Waals surface area contributed by atoms with Gasteiger partial charge in [0.05, 0.1) is 10.9 Å². The minimum absolute atomic E-state index is 0.144. The van der Waals surface area contributed by atoms with E-state index in [0.717, 1.165) is 0 Å². The van der Waals surface area contributed by atoms with Crippen LogP contribution in [0.3, 0.4) is 0 Å². The average molecular weight is 455 g/mol. The number of hydrogen-bond acceptors (Lipinski definition) is 6. The number of hydrogen-bond donors (Lipinski definition) is 2. The highest BCUT2D eigenvalue weighted by molar-refractivity contribution is 7.89. The van der Waals surface area contributed by atoms with Crippen LogP contribution < -0.4 is 10.0 Å². The van der Waals surface area contributed by atoms with Gasteiger partial charge in [-0.15, -0.1) is 0 Å². The average Bonchev–Trinajstić information content (AvgIpc) is 2.65. The molecule has 1 aromatic rings. The van der Waals surface area contributed by atoms with E-state index in [0.29, 0.717) is 31.9 Å². The molecule has 1 aliphatic heterocycles. The van der Waals surface area contributed by atoms with Crippen LogP contribution in [0.5, 0.6) is 0 Å². The van der Waals surface area contributed by atoms with E-state index in [1.807, 2.05) is 32.6 Å². The van der Waals surface area contributed by atoms with Crippen molar-refractivity contribution >= 4 is 27.7 Å². The molecule has 1 atom stereocenters. The Labute approximate surface area is 185 Å². The molecule has 0 unspecified atom stereocenters. The van der Waals surface area contributed by atoms with Crippen molar-refractivity contribution in [1.29, 1.82) is 0 Å². The van der Waals surface area contributed by atoms with E-state index in [4.69, 9.17) is 4.74 Å². The Morgan fingerprint density at radius 1 is 1.00 bits per heavy atom. The quantitative estimate of drug-likeness (QED) is 0.683. The van der Waals surface area contributed by atoms with Gasteiger partial charge in [-0.05, 0) is 65.8 Å². The standard InChI is InChI=1S/C21H34N4O5S/c1-15(2)23-31(28,29)18-9-7-17(8-10-18)22-19(26)16(3)24-11-13-25(14-12-24)20(27)30-21(4,5)6/h7-10,15-16,23H,11-14H2,1-6H3,(H,22,26)/t16-/m1/s1. The fourth-order valence-electron chi connectivity index (χ4n) is 3.13. The van der Waals surface area contributed by atoms with Crippen molar-refractivity contribution in [3.05, 3.63) is 24.3 Å². The summed E-state index contributed by atoms with van der Waals surface area (Å²) in [7, 11) is -3.58. The van der Waals surface area contributed by atoms with Gasteiger partial charge in [0.15, 0.2) is 0 Å². The van der Waals surface area contributed by atoms with Crippen molar-refractivity contribution in [2.75, 3.05) is 31.5 Å². The Kier molecular flexibility index (Phi) is 8.07. The van der Waals surface area contributed by atoms with Gasteiger partial charge in [-0.3, -0.25) is 9.69 Å². The molecule has 0 aromatic heterocycles. The molecule has 1 fully saturated rings. The molecule has 2 rings (SSSR count). The monoisotopic (exact) mass is 454 g/mol. The number of piperazine rings is 1. The summed E-state index contributed by atoms with van der Waals surface area (Å²) in [6.07, 6.45) is -0.341. The summed E-state index contributed by atoms with van der Waals surface area (Å²) in [4.78, 5) is 28.6. The van der Waals surface area contributed by atoms with E-state index in [-0.39, 0.29) is 22.9 Å². The van der Waals surface area contributed by atoms with Gasteiger partial charge in [-0.2, -0.15) is 0 Å². The molecule has 1 heterocycles. The number of amides is 2. The number of carbonyl (C=O) groups is 2. The summed E-state index contributed by atoms with van der Waals surface area (Å²) in [6, 6.07) is 5.46. The van der Waals surface area contributed by atoms with E-state index in [1.54, 1.807) is 30.9 Å². The number of carbonyl (C=O) groups excluding carboxylic acids is 2. The largest absolute Gasteiger partial charge is 0.444 e. The molecule has 31 heavy (non-hydrogen) atoms. The van der Waals surface area contributed by atoms with Crippen LogP contribution in [0.25, 0.3) is 0 Å². The predicted molar refractivity (Wildman–Crippen MR) is 119 cm³/mol. The van der Waals surface area contributed by atoms with Crippen LogP contribution in [0.15, 0.2) is 29.2 Å². The lowest BCUT2D eigenvalue weighted by atomic mass is 10.2. The Hall–Kier alpha value is -2.17. The molecule has 2 amide bonds. The lowest BCUT2D eigenvalue weighted by Gasteiger charge is -2.37. The molecule has 0 radical (unpaired) electrons. The van der Waals surface area contributed by atoms with Crippen molar-refractivity contribution in [2.45, 2.75) is 64.1 Å². The third-order valence-electron chi connectivity index (χ3n) is 4.72. The van der Waals surface area contributed by atoms with Gasteiger partial charge in [-0.1, -0.05) is 0 Å². The smallest absolute Gasteiger partial charge is 0.410 e. The lowest BCUT2D eigenvalue weighted by Crippen LogP contribution is -2.54. The minimum Gasteiger partial charge on any atom is -0.444 e. The van der Waals surface area contributed by atoms with Gasteiger partial charge >= 0.3 is 6.09 Å². The molecule has 0 saturated carbocycles. The number of anilines is 1. The van der Waals surface area contributed by atoms with Crippen molar-refractivity contribution in [1.82, 2.24) is 14.5 Å². The SMILES string of the molecule is CC(C)NS(=O)(=O)c1ccc(NC(=O)[C@@H](C)N2CCN(C(=O)OC(C)(C)C)CC2)cc1. The van der Waals surface area contributed by atoms with Crippen LogP contribution >= 0.6 is 0 Å². The molecule has 0 aliphatic carbocycles. The van der Waals surface area contributed by atoms with Crippen molar-refractivity contribution < 1.29 is 22.7 Å². The normalized spacial score (nSPS) is 16.8. The van der Waals surface area contributed by atoms with Crippen molar-refractivity contribution in [3.63, 3.8) is 0 Å². The van der Waals surface area contributed by atoms with Gasteiger partial charge in [0, 0.05) is 37.9 Å². The Bertz CT molecular complexity index is 870. The number of benzene rings is 1. The third kappa shape index (κ3) is 7.48. The number of sulfonamides is 1. The van der Waals surface area contributed by atoms with Crippen LogP contribution in [0.1, 0.15) is 41.5 Å². The zero-order valence-electron chi connectivity index (χ0n) is 19.1.